The Kier molecular flexibility index (Phi) is 8.17. The molecule has 17 heavy (non-hydrogen) atoms. The summed E-state index contributed by atoms with van der Waals surface area (Å²) in [6.45, 7) is 12.3. The van der Waals surface area contributed by atoms with Crippen molar-refractivity contribution in [3.05, 3.63) is 0 Å². The van der Waals surface area contributed by atoms with Crippen LogP contribution < -0.4 is 11.1 Å². The van der Waals surface area contributed by atoms with Gasteiger partial charge in [-0.05, 0) is 52.4 Å². The molecule has 1 unspecified atom stereocenters. The van der Waals surface area contributed by atoms with E-state index in [-0.39, 0.29) is 5.91 Å². The van der Waals surface area contributed by atoms with Gasteiger partial charge < -0.3 is 16.0 Å². The van der Waals surface area contributed by atoms with Gasteiger partial charge in [-0.2, -0.15) is 0 Å². The number of hydrogen-bond donors (Lipinski definition) is 2. The fraction of sp³-hybridized carbons (Fsp3) is 0.923. The van der Waals surface area contributed by atoms with Crippen LogP contribution in [-0.4, -0.2) is 42.5 Å². The van der Waals surface area contributed by atoms with Crippen LogP contribution in [0, 0.1) is 0 Å². The lowest BCUT2D eigenvalue weighted by Gasteiger charge is -2.28. The monoisotopic (exact) mass is 243 g/mol. The van der Waals surface area contributed by atoms with Crippen LogP contribution in [0.2, 0.25) is 0 Å². The van der Waals surface area contributed by atoms with Crippen LogP contribution >= 0.6 is 0 Å². The van der Waals surface area contributed by atoms with E-state index in [0.29, 0.717) is 0 Å². The second-order valence-corrected chi connectivity index (χ2v) is 4.75. The number of amides is 1. The van der Waals surface area contributed by atoms with Crippen LogP contribution in [0.15, 0.2) is 0 Å². The number of nitrogens with two attached hydrogens (primary N) is 1. The Morgan fingerprint density at radius 2 is 1.88 bits per heavy atom. The molecule has 4 heteroatoms. The van der Waals surface area contributed by atoms with Crippen LogP contribution in [0.1, 0.15) is 47.0 Å². The second kappa shape index (κ2) is 8.48. The number of rotatable bonds is 10. The first kappa shape index (κ1) is 16.4. The maximum atomic E-state index is 11.5. The third kappa shape index (κ3) is 6.03. The van der Waals surface area contributed by atoms with Crippen LogP contribution in [0.5, 0.6) is 0 Å². The molecule has 0 radical (unpaired) electrons. The summed E-state index contributed by atoms with van der Waals surface area (Å²) in [4.78, 5) is 13.9. The zero-order valence-electron chi connectivity index (χ0n) is 11.9. The van der Waals surface area contributed by atoms with Gasteiger partial charge in [0.2, 0.25) is 5.91 Å². The van der Waals surface area contributed by atoms with Gasteiger partial charge in [0.15, 0.2) is 0 Å². The maximum Gasteiger partial charge on any atom is 0.237 e. The van der Waals surface area contributed by atoms with E-state index < -0.39 is 5.54 Å². The highest BCUT2D eigenvalue weighted by Crippen LogP contribution is 2.12. The summed E-state index contributed by atoms with van der Waals surface area (Å²) in [6.07, 6.45) is 2.82. The normalized spacial score (nSPS) is 14.9. The molecule has 0 aliphatic heterocycles. The van der Waals surface area contributed by atoms with E-state index >= 15 is 0 Å². The number of nitrogens with zero attached hydrogens (tertiary/aromatic N) is 1. The van der Waals surface area contributed by atoms with Crippen molar-refractivity contribution < 1.29 is 4.79 Å². The number of nitrogens with one attached hydrogen (secondary N) is 1. The van der Waals surface area contributed by atoms with Crippen molar-refractivity contribution in [3.63, 3.8) is 0 Å². The molecule has 102 valence electrons. The molecule has 0 aliphatic rings. The molecule has 4 nitrogen and oxygen atoms in total. The van der Waals surface area contributed by atoms with Gasteiger partial charge in [-0.1, -0.05) is 20.8 Å². The first-order chi connectivity index (χ1) is 8.00. The van der Waals surface area contributed by atoms with E-state index in [2.05, 4.69) is 31.0 Å². The van der Waals surface area contributed by atoms with Gasteiger partial charge in [0, 0.05) is 0 Å². The Morgan fingerprint density at radius 3 is 2.29 bits per heavy atom. The van der Waals surface area contributed by atoms with Gasteiger partial charge in [-0.25, -0.2) is 0 Å². The predicted molar refractivity (Wildman–Crippen MR) is 72.9 cm³/mol. The third-order valence-corrected chi connectivity index (χ3v) is 3.35. The van der Waals surface area contributed by atoms with Gasteiger partial charge in [0.1, 0.15) is 0 Å². The van der Waals surface area contributed by atoms with Crippen molar-refractivity contribution in [3.8, 4) is 0 Å². The molecule has 0 aliphatic carbocycles. The first-order valence-corrected chi connectivity index (χ1v) is 6.77. The topological polar surface area (TPSA) is 58.4 Å². The van der Waals surface area contributed by atoms with Crippen molar-refractivity contribution in [1.29, 1.82) is 0 Å². The highest BCUT2D eigenvalue weighted by atomic mass is 16.1. The molecule has 1 atom stereocenters. The van der Waals surface area contributed by atoms with E-state index in [1.807, 2.05) is 6.92 Å². The fourth-order valence-corrected chi connectivity index (χ4v) is 1.90. The number of carbonyl (C=O) groups excluding carboxylic acids is 1. The molecule has 1 amide bonds. The van der Waals surface area contributed by atoms with E-state index in [1.165, 1.54) is 0 Å². The van der Waals surface area contributed by atoms with Crippen molar-refractivity contribution in [2.45, 2.75) is 52.5 Å². The SMILES string of the molecule is CCCNC(C)(CCCN(CC)CC)C(N)=O. The smallest absolute Gasteiger partial charge is 0.237 e. The van der Waals surface area contributed by atoms with Crippen LogP contribution in [0.4, 0.5) is 0 Å². The molecular formula is C13H29N3O. The summed E-state index contributed by atoms with van der Waals surface area (Å²) in [5, 5.41) is 3.26. The largest absolute Gasteiger partial charge is 0.368 e. The molecule has 0 fully saturated rings. The zero-order chi connectivity index (χ0) is 13.3. The highest BCUT2D eigenvalue weighted by Gasteiger charge is 2.29. The minimum absolute atomic E-state index is 0.245. The minimum Gasteiger partial charge on any atom is -0.368 e. The molecular weight excluding hydrogens is 214 g/mol. The lowest BCUT2D eigenvalue weighted by molar-refractivity contribution is -0.124. The third-order valence-electron chi connectivity index (χ3n) is 3.35. The van der Waals surface area contributed by atoms with E-state index in [1.54, 1.807) is 0 Å². The molecule has 0 heterocycles. The summed E-state index contributed by atoms with van der Waals surface area (Å²) < 4.78 is 0. The molecule has 0 aromatic heterocycles. The van der Waals surface area contributed by atoms with Crippen molar-refractivity contribution in [1.82, 2.24) is 10.2 Å². The molecule has 0 spiro atoms. The fourth-order valence-electron chi connectivity index (χ4n) is 1.90. The minimum atomic E-state index is -0.552. The predicted octanol–water partition coefficient (Wildman–Crippen LogP) is 1.35. The quantitative estimate of drug-likeness (QED) is 0.609. The zero-order valence-corrected chi connectivity index (χ0v) is 11.9. The average molecular weight is 243 g/mol. The number of hydrogen-bond acceptors (Lipinski definition) is 3. The Balaban J connectivity index is 4.12. The van der Waals surface area contributed by atoms with Crippen molar-refractivity contribution >= 4 is 5.91 Å². The van der Waals surface area contributed by atoms with Crippen LogP contribution in [-0.2, 0) is 4.79 Å². The van der Waals surface area contributed by atoms with Gasteiger partial charge in [0.25, 0.3) is 0 Å². The molecule has 0 saturated heterocycles. The molecule has 0 saturated carbocycles. The Hall–Kier alpha value is -0.610. The first-order valence-electron chi connectivity index (χ1n) is 6.77. The summed E-state index contributed by atoms with van der Waals surface area (Å²) in [6, 6.07) is 0. The van der Waals surface area contributed by atoms with Gasteiger partial charge in [-0.15, -0.1) is 0 Å². The second-order valence-electron chi connectivity index (χ2n) is 4.75. The number of carbonyl (C=O) groups is 1. The van der Waals surface area contributed by atoms with Crippen LogP contribution in [0.3, 0.4) is 0 Å². The van der Waals surface area contributed by atoms with Crippen LogP contribution in [0.25, 0.3) is 0 Å². The molecule has 0 aromatic rings. The van der Waals surface area contributed by atoms with Gasteiger partial charge in [-0.3, -0.25) is 4.79 Å². The van der Waals surface area contributed by atoms with Crippen molar-refractivity contribution in [2.24, 2.45) is 5.73 Å². The van der Waals surface area contributed by atoms with E-state index in [9.17, 15) is 4.79 Å². The average Bonchev–Trinajstić information content (AvgIpc) is 2.32. The van der Waals surface area contributed by atoms with Gasteiger partial charge >= 0.3 is 0 Å². The van der Waals surface area contributed by atoms with Gasteiger partial charge in [0.05, 0.1) is 5.54 Å². The Morgan fingerprint density at radius 1 is 1.29 bits per heavy atom. The lowest BCUT2D eigenvalue weighted by Crippen LogP contribution is -2.53. The molecule has 0 aromatic carbocycles. The Labute approximate surface area is 106 Å². The molecule has 3 N–H and O–H groups in total. The van der Waals surface area contributed by atoms with Crippen molar-refractivity contribution in [2.75, 3.05) is 26.2 Å². The summed E-state index contributed by atoms with van der Waals surface area (Å²) in [5.74, 6) is -0.245. The Bertz CT molecular complexity index is 217. The summed E-state index contributed by atoms with van der Waals surface area (Å²) >= 11 is 0. The lowest BCUT2D eigenvalue weighted by atomic mass is 9.94. The summed E-state index contributed by atoms with van der Waals surface area (Å²) in [7, 11) is 0. The molecule has 0 bridgehead atoms. The van der Waals surface area contributed by atoms with E-state index in [0.717, 1.165) is 45.4 Å². The summed E-state index contributed by atoms with van der Waals surface area (Å²) in [5.41, 5.74) is 4.93. The number of primary amides is 1. The molecule has 0 rings (SSSR count). The standard InChI is InChI=1S/C13H29N3O/c1-5-10-15-13(4,12(14)17)9-8-11-16(6-2)7-3/h15H,5-11H2,1-4H3,(H2,14,17). The van der Waals surface area contributed by atoms with E-state index in [4.69, 9.17) is 5.73 Å². The highest BCUT2D eigenvalue weighted by molar-refractivity contribution is 5.84. The maximum absolute atomic E-state index is 11.5.